The minimum atomic E-state index is -0.167. The maximum Gasteiger partial charge on any atom is 0.251 e. The maximum absolute atomic E-state index is 12.3. The van der Waals surface area contributed by atoms with E-state index in [4.69, 9.17) is 0 Å². The second-order valence-electron chi connectivity index (χ2n) is 6.73. The monoisotopic (exact) mass is 319 g/mol. The summed E-state index contributed by atoms with van der Waals surface area (Å²) in [7, 11) is 4.07. The van der Waals surface area contributed by atoms with Crippen LogP contribution in [-0.2, 0) is 0 Å². The SMILES string of the molecule is CC(CCN(C)C)NC(=O)c1ccc(N2CCC(O)CC2)cc1. The third-order valence-electron chi connectivity index (χ3n) is 4.35. The zero-order valence-electron chi connectivity index (χ0n) is 14.5. The number of amides is 1. The number of hydrogen-bond donors (Lipinski definition) is 2. The van der Waals surface area contributed by atoms with Crippen molar-refractivity contribution in [1.82, 2.24) is 10.2 Å². The van der Waals surface area contributed by atoms with E-state index in [9.17, 15) is 9.90 Å². The summed E-state index contributed by atoms with van der Waals surface area (Å²) >= 11 is 0. The predicted octanol–water partition coefficient (Wildman–Crippen LogP) is 1.72. The number of hydrogen-bond acceptors (Lipinski definition) is 4. The van der Waals surface area contributed by atoms with E-state index in [2.05, 4.69) is 15.1 Å². The standard InChI is InChI=1S/C18H29N3O2/c1-14(8-11-20(2)3)19-18(23)15-4-6-16(7-5-15)21-12-9-17(22)10-13-21/h4-7,14,17,22H,8-13H2,1-3H3,(H,19,23). The Balaban J connectivity index is 1.87. The predicted molar refractivity (Wildman–Crippen MR) is 94.0 cm³/mol. The third kappa shape index (κ3) is 5.52. The lowest BCUT2D eigenvalue weighted by molar-refractivity contribution is 0.0937. The fourth-order valence-corrected chi connectivity index (χ4v) is 2.78. The van der Waals surface area contributed by atoms with E-state index in [1.165, 1.54) is 0 Å². The van der Waals surface area contributed by atoms with Crippen molar-refractivity contribution in [3.05, 3.63) is 29.8 Å². The number of anilines is 1. The van der Waals surface area contributed by atoms with Crippen LogP contribution in [0.5, 0.6) is 0 Å². The van der Waals surface area contributed by atoms with Crippen LogP contribution in [0.1, 0.15) is 36.5 Å². The number of carbonyl (C=O) groups excluding carboxylic acids is 1. The molecule has 5 heteroatoms. The topological polar surface area (TPSA) is 55.8 Å². The van der Waals surface area contributed by atoms with E-state index in [1.54, 1.807) is 0 Å². The van der Waals surface area contributed by atoms with Crippen molar-refractivity contribution in [3.8, 4) is 0 Å². The molecule has 0 aromatic heterocycles. The summed E-state index contributed by atoms with van der Waals surface area (Å²) in [5.41, 5.74) is 1.82. The van der Waals surface area contributed by atoms with Gasteiger partial charge in [-0.3, -0.25) is 4.79 Å². The van der Waals surface area contributed by atoms with Gasteiger partial charge in [-0.05, 0) is 71.1 Å². The number of rotatable bonds is 6. The normalized spacial score (nSPS) is 17.3. The van der Waals surface area contributed by atoms with Crippen LogP contribution in [-0.4, -0.2) is 61.8 Å². The first-order valence-corrected chi connectivity index (χ1v) is 8.44. The summed E-state index contributed by atoms with van der Waals surface area (Å²) in [4.78, 5) is 16.6. The number of benzene rings is 1. The van der Waals surface area contributed by atoms with Crippen molar-refractivity contribution in [2.45, 2.75) is 38.3 Å². The molecule has 1 aliphatic rings. The molecule has 1 saturated heterocycles. The van der Waals surface area contributed by atoms with Crippen LogP contribution < -0.4 is 10.2 Å². The number of nitrogens with one attached hydrogen (secondary N) is 1. The van der Waals surface area contributed by atoms with Crippen LogP contribution in [0.15, 0.2) is 24.3 Å². The Hall–Kier alpha value is -1.59. The molecule has 2 rings (SSSR count). The third-order valence-corrected chi connectivity index (χ3v) is 4.35. The Morgan fingerprint density at radius 3 is 2.48 bits per heavy atom. The zero-order chi connectivity index (χ0) is 16.8. The molecule has 5 nitrogen and oxygen atoms in total. The Morgan fingerprint density at radius 1 is 1.30 bits per heavy atom. The molecule has 1 amide bonds. The van der Waals surface area contributed by atoms with E-state index in [1.807, 2.05) is 45.3 Å². The molecule has 1 aromatic carbocycles. The maximum atomic E-state index is 12.3. The highest BCUT2D eigenvalue weighted by Gasteiger charge is 2.17. The number of aliphatic hydroxyl groups is 1. The Morgan fingerprint density at radius 2 is 1.91 bits per heavy atom. The Kier molecular flexibility index (Phi) is 6.42. The first-order chi connectivity index (χ1) is 11.0. The Bertz CT molecular complexity index is 493. The van der Waals surface area contributed by atoms with Crippen LogP contribution in [0, 0.1) is 0 Å². The lowest BCUT2D eigenvalue weighted by Gasteiger charge is -2.31. The second kappa shape index (κ2) is 8.31. The highest BCUT2D eigenvalue weighted by Crippen LogP contribution is 2.20. The second-order valence-corrected chi connectivity index (χ2v) is 6.73. The summed E-state index contributed by atoms with van der Waals surface area (Å²) in [6.07, 6.45) is 2.39. The van der Waals surface area contributed by atoms with E-state index < -0.39 is 0 Å². The van der Waals surface area contributed by atoms with Gasteiger partial charge in [0.25, 0.3) is 5.91 Å². The zero-order valence-corrected chi connectivity index (χ0v) is 14.5. The molecular formula is C18H29N3O2. The summed E-state index contributed by atoms with van der Waals surface area (Å²) in [6.45, 7) is 4.73. The molecule has 128 valence electrons. The number of piperidine rings is 1. The first-order valence-electron chi connectivity index (χ1n) is 8.44. The van der Waals surface area contributed by atoms with Gasteiger partial charge in [0.2, 0.25) is 0 Å². The number of nitrogens with zero attached hydrogens (tertiary/aromatic N) is 2. The van der Waals surface area contributed by atoms with Crippen molar-refractivity contribution in [2.75, 3.05) is 38.6 Å². The molecule has 0 aliphatic carbocycles. The van der Waals surface area contributed by atoms with Gasteiger partial charge in [0.1, 0.15) is 0 Å². The van der Waals surface area contributed by atoms with Crippen LogP contribution >= 0.6 is 0 Å². The van der Waals surface area contributed by atoms with E-state index >= 15 is 0 Å². The number of aliphatic hydroxyl groups excluding tert-OH is 1. The molecule has 0 radical (unpaired) electrons. The fraction of sp³-hybridized carbons (Fsp3) is 0.611. The highest BCUT2D eigenvalue weighted by molar-refractivity contribution is 5.94. The molecule has 1 fully saturated rings. The van der Waals surface area contributed by atoms with Gasteiger partial charge in [0.15, 0.2) is 0 Å². The molecule has 0 spiro atoms. The van der Waals surface area contributed by atoms with Crippen molar-refractivity contribution >= 4 is 11.6 Å². The first kappa shape index (κ1) is 17.8. The highest BCUT2D eigenvalue weighted by atomic mass is 16.3. The minimum absolute atomic E-state index is 0.0168. The van der Waals surface area contributed by atoms with Crippen molar-refractivity contribution < 1.29 is 9.90 Å². The Labute approximate surface area is 139 Å². The van der Waals surface area contributed by atoms with Crippen LogP contribution in [0.3, 0.4) is 0 Å². The average Bonchev–Trinajstić information content (AvgIpc) is 2.54. The molecule has 1 aromatic rings. The molecule has 1 aliphatic heterocycles. The van der Waals surface area contributed by atoms with Crippen molar-refractivity contribution in [1.29, 1.82) is 0 Å². The molecule has 23 heavy (non-hydrogen) atoms. The average molecular weight is 319 g/mol. The largest absolute Gasteiger partial charge is 0.393 e. The molecule has 0 bridgehead atoms. The van der Waals surface area contributed by atoms with Gasteiger partial charge in [0.05, 0.1) is 6.10 Å². The van der Waals surface area contributed by atoms with Crippen molar-refractivity contribution in [3.63, 3.8) is 0 Å². The van der Waals surface area contributed by atoms with E-state index in [0.717, 1.165) is 44.6 Å². The fourth-order valence-electron chi connectivity index (χ4n) is 2.78. The number of carbonyl (C=O) groups is 1. The lowest BCUT2D eigenvalue weighted by Crippen LogP contribution is -2.36. The van der Waals surface area contributed by atoms with Crippen LogP contribution in [0.4, 0.5) is 5.69 Å². The van der Waals surface area contributed by atoms with Crippen molar-refractivity contribution in [2.24, 2.45) is 0 Å². The summed E-state index contributed by atoms with van der Waals surface area (Å²) in [6, 6.07) is 7.92. The summed E-state index contributed by atoms with van der Waals surface area (Å²) in [5.74, 6) is -0.0168. The van der Waals surface area contributed by atoms with E-state index in [0.29, 0.717) is 5.56 Å². The van der Waals surface area contributed by atoms with Crippen LogP contribution in [0.2, 0.25) is 0 Å². The molecular weight excluding hydrogens is 290 g/mol. The minimum Gasteiger partial charge on any atom is -0.393 e. The summed E-state index contributed by atoms with van der Waals surface area (Å²) in [5, 5.41) is 12.6. The van der Waals surface area contributed by atoms with Gasteiger partial charge in [-0.1, -0.05) is 0 Å². The smallest absolute Gasteiger partial charge is 0.251 e. The molecule has 0 saturated carbocycles. The summed E-state index contributed by atoms with van der Waals surface area (Å²) < 4.78 is 0. The van der Waals surface area contributed by atoms with Crippen LogP contribution in [0.25, 0.3) is 0 Å². The van der Waals surface area contributed by atoms with E-state index in [-0.39, 0.29) is 18.1 Å². The van der Waals surface area contributed by atoms with Gasteiger partial charge in [-0.15, -0.1) is 0 Å². The van der Waals surface area contributed by atoms with Gasteiger partial charge in [-0.25, -0.2) is 0 Å². The van der Waals surface area contributed by atoms with Gasteiger partial charge in [-0.2, -0.15) is 0 Å². The van der Waals surface area contributed by atoms with Gasteiger partial charge in [0, 0.05) is 30.4 Å². The molecule has 1 unspecified atom stereocenters. The quantitative estimate of drug-likeness (QED) is 0.838. The van der Waals surface area contributed by atoms with Gasteiger partial charge < -0.3 is 20.2 Å². The lowest BCUT2D eigenvalue weighted by atomic mass is 10.1. The van der Waals surface area contributed by atoms with Gasteiger partial charge >= 0.3 is 0 Å². The molecule has 1 atom stereocenters. The molecule has 2 N–H and O–H groups in total. The molecule has 1 heterocycles.